The lowest BCUT2D eigenvalue weighted by atomic mass is 10.3. The topological polar surface area (TPSA) is 67.7 Å². The minimum absolute atomic E-state index is 0.147. The van der Waals surface area contributed by atoms with Crippen LogP contribution in [0.2, 0.25) is 0 Å². The summed E-state index contributed by atoms with van der Waals surface area (Å²) >= 11 is 0. The molecule has 2 aromatic heterocycles. The fraction of sp³-hybridized carbons (Fsp3) is 0.417. The normalized spacial score (nSPS) is 10.5. The second-order valence-corrected chi connectivity index (χ2v) is 4.06. The van der Waals surface area contributed by atoms with E-state index < -0.39 is 5.82 Å². The van der Waals surface area contributed by atoms with Crippen LogP contribution in [0.3, 0.4) is 0 Å². The predicted octanol–water partition coefficient (Wildman–Crippen LogP) is 2.09. The standard InChI is InChI=1S/C12H17FN6/c1-4-9-10(7-19(3)18-9)16-11-8(13)6-15-12(17-11)14-5-2/h6-7H,4-5H2,1-3H3,(H2,14,15,16,17). The van der Waals surface area contributed by atoms with Gasteiger partial charge in [0.05, 0.1) is 17.6 Å². The number of aromatic nitrogens is 4. The largest absolute Gasteiger partial charge is 0.354 e. The lowest BCUT2D eigenvalue weighted by Gasteiger charge is -2.07. The van der Waals surface area contributed by atoms with E-state index >= 15 is 0 Å². The average molecular weight is 264 g/mol. The van der Waals surface area contributed by atoms with Crippen molar-refractivity contribution in [3.05, 3.63) is 23.9 Å². The summed E-state index contributed by atoms with van der Waals surface area (Å²) in [5.74, 6) is 0.0505. The molecule has 0 saturated heterocycles. The van der Waals surface area contributed by atoms with Gasteiger partial charge in [-0.3, -0.25) is 4.68 Å². The van der Waals surface area contributed by atoms with Crippen molar-refractivity contribution in [2.75, 3.05) is 17.2 Å². The maximum Gasteiger partial charge on any atom is 0.224 e. The van der Waals surface area contributed by atoms with Gasteiger partial charge in [0, 0.05) is 19.8 Å². The van der Waals surface area contributed by atoms with Crippen molar-refractivity contribution >= 4 is 17.5 Å². The summed E-state index contributed by atoms with van der Waals surface area (Å²) < 4.78 is 15.4. The molecule has 0 aromatic carbocycles. The number of anilines is 3. The van der Waals surface area contributed by atoms with Crippen molar-refractivity contribution in [2.24, 2.45) is 7.05 Å². The number of rotatable bonds is 5. The van der Waals surface area contributed by atoms with Gasteiger partial charge in [-0.1, -0.05) is 6.92 Å². The highest BCUT2D eigenvalue weighted by atomic mass is 19.1. The maximum atomic E-state index is 13.7. The molecule has 0 radical (unpaired) electrons. The minimum Gasteiger partial charge on any atom is -0.354 e. The van der Waals surface area contributed by atoms with E-state index in [9.17, 15) is 4.39 Å². The van der Waals surface area contributed by atoms with Crippen molar-refractivity contribution in [3.8, 4) is 0 Å². The molecule has 0 fully saturated rings. The molecule has 0 aliphatic rings. The van der Waals surface area contributed by atoms with Gasteiger partial charge in [-0.25, -0.2) is 9.37 Å². The van der Waals surface area contributed by atoms with Crippen LogP contribution in [-0.2, 0) is 13.5 Å². The van der Waals surface area contributed by atoms with Gasteiger partial charge in [-0.05, 0) is 13.3 Å². The van der Waals surface area contributed by atoms with Gasteiger partial charge < -0.3 is 10.6 Å². The number of halogens is 1. The Labute approximate surface area is 111 Å². The molecule has 102 valence electrons. The Kier molecular flexibility index (Phi) is 3.94. The van der Waals surface area contributed by atoms with Crippen LogP contribution in [0.4, 0.5) is 21.8 Å². The van der Waals surface area contributed by atoms with Crippen LogP contribution in [0, 0.1) is 5.82 Å². The second kappa shape index (κ2) is 5.64. The maximum absolute atomic E-state index is 13.7. The van der Waals surface area contributed by atoms with Crippen molar-refractivity contribution < 1.29 is 4.39 Å². The van der Waals surface area contributed by atoms with E-state index in [1.165, 1.54) is 0 Å². The molecule has 0 aliphatic carbocycles. The molecule has 0 spiro atoms. The molecule has 2 rings (SSSR count). The Morgan fingerprint density at radius 3 is 2.84 bits per heavy atom. The van der Waals surface area contributed by atoms with E-state index in [2.05, 4.69) is 25.7 Å². The Bertz CT molecular complexity index is 565. The quantitative estimate of drug-likeness (QED) is 0.865. The lowest BCUT2D eigenvalue weighted by molar-refractivity contribution is 0.619. The van der Waals surface area contributed by atoms with Crippen molar-refractivity contribution in [2.45, 2.75) is 20.3 Å². The van der Waals surface area contributed by atoms with Gasteiger partial charge >= 0.3 is 0 Å². The molecule has 0 unspecified atom stereocenters. The van der Waals surface area contributed by atoms with Crippen LogP contribution in [0.5, 0.6) is 0 Å². The third kappa shape index (κ3) is 2.98. The zero-order valence-corrected chi connectivity index (χ0v) is 11.2. The third-order valence-corrected chi connectivity index (χ3v) is 2.57. The number of nitrogens with one attached hydrogen (secondary N) is 2. The number of hydrogen-bond donors (Lipinski definition) is 2. The van der Waals surface area contributed by atoms with Crippen LogP contribution < -0.4 is 10.6 Å². The van der Waals surface area contributed by atoms with E-state index in [4.69, 9.17) is 0 Å². The highest BCUT2D eigenvalue weighted by molar-refractivity contribution is 5.59. The molecular formula is C12H17FN6. The third-order valence-electron chi connectivity index (χ3n) is 2.57. The van der Waals surface area contributed by atoms with E-state index in [1.54, 1.807) is 10.9 Å². The predicted molar refractivity (Wildman–Crippen MR) is 72.0 cm³/mol. The minimum atomic E-state index is -0.493. The monoisotopic (exact) mass is 264 g/mol. The summed E-state index contributed by atoms with van der Waals surface area (Å²) in [6.07, 6.45) is 3.71. The average Bonchev–Trinajstić information content (AvgIpc) is 2.74. The fourth-order valence-corrected chi connectivity index (χ4v) is 1.73. The first kappa shape index (κ1) is 13.3. The van der Waals surface area contributed by atoms with Gasteiger partial charge in [0.15, 0.2) is 11.6 Å². The number of hydrogen-bond acceptors (Lipinski definition) is 5. The molecule has 0 saturated carbocycles. The SMILES string of the molecule is CCNc1ncc(F)c(Nc2cn(C)nc2CC)n1. The zero-order valence-electron chi connectivity index (χ0n) is 11.2. The molecule has 0 atom stereocenters. The van der Waals surface area contributed by atoms with Gasteiger partial charge in [-0.2, -0.15) is 10.1 Å². The molecule has 2 N–H and O–H groups in total. The Balaban J connectivity index is 2.28. The zero-order chi connectivity index (χ0) is 13.8. The molecule has 2 heterocycles. The Hall–Kier alpha value is -2.18. The highest BCUT2D eigenvalue weighted by Crippen LogP contribution is 2.21. The summed E-state index contributed by atoms with van der Waals surface area (Å²) in [6, 6.07) is 0. The highest BCUT2D eigenvalue weighted by Gasteiger charge is 2.11. The molecule has 7 heteroatoms. The van der Waals surface area contributed by atoms with Gasteiger partial charge in [-0.15, -0.1) is 0 Å². The van der Waals surface area contributed by atoms with Crippen molar-refractivity contribution in [1.29, 1.82) is 0 Å². The van der Waals surface area contributed by atoms with Gasteiger partial charge in [0.1, 0.15) is 0 Å². The first-order valence-electron chi connectivity index (χ1n) is 6.20. The second-order valence-electron chi connectivity index (χ2n) is 4.06. The van der Waals surface area contributed by atoms with Crippen molar-refractivity contribution in [1.82, 2.24) is 19.7 Å². The van der Waals surface area contributed by atoms with E-state index in [-0.39, 0.29) is 5.82 Å². The van der Waals surface area contributed by atoms with Crippen LogP contribution in [0.15, 0.2) is 12.4 Å². The summed E-state index contributed by atoms with van der Waals surface area (Å²) in [5.41, 5.74) is 1.62. The molecule has 0 amide bonds. The Morgan fingerprint density at radius 1 is 1.37 bits per heavy atom. The molecule has 0 bridgehead atoms. The number of aryl methyl sites for hydroxylation is 2. The first-order chi connectivity index (χ1) is 9.13. The lowest BCUT2D eigenvalue weighted by Crippen LogP contribution is -2.06. The van der Waals surface area contributed by atoms with Gasteiger partial charge in [0.25, 0.3) is 0 Å². The Morgan fingerprint density at radius 2 is 2.16 bits per heavy atom. The van der Waals surface area contributed by atoms with E-state index in [0.717, 1.165) is 24.0 Å². The number of nitrogens with zero attached hydrogens (tertiary/aromatic N) is 4. The molecule has 6 nitrogen and oxygen atoms in total. The van der Waals surface area contributed by atoms with Crippen molar-refractivity contribution in [3.63, 3.8) is 0 Å². The molecule has 19 heavy (non-hydrogen) atoms. The van der Waals surface area contributed by atoms with Crippen LogP contribution in [-0.4, -0.2) is 26.3 Å². The van der Waals surface area contributed by atoms with Crippen LogP contribution >= 0.6 is 0 Å². The van der Waals surface area contributed by atoms with Crippen LogP contribution in [0.25, 0.3) is 0 Å². The van der Waals surface area contributed by atoms with Crippen LogP contribution in [0.1, 0.15) is 19.5 Å². The smallest absolute Gasteiger partial charge is 0.224 e. The summed E-state index contributed by atoms with van der Waals surface area (Å²) in [5, 5.41) is 10.2. The first-order valence-corrected chi connectivity index (χ1v) is 6.20. The van der Waals surface area contributed by atoms with E-state index in [0.29, 0.717) is 12.5 Å². The van der Waals surface area contributed by atoms with Gasteiger partial charge in [0.2, 0.25) is 5.95 Å². The van der Waals surface area contributed by atoms with E-state index in [1.807, 2.05) is 20.9 Å². The summed E-state index contributed by atoms with van der Waals surface area (Å²) in [4.78, 5) is 7.96. The molecule has 0 aliphatic heterocycles. The molecular weight excluding hydrogens is 247 g/mol. The molecule has 2 aromatic rings. The summed E-state index contributed by atoms with van der Waals surface area (Å²) in [7, 11) is 1.82. The fourth-order valence-electron chi connectivity index (χ4n) is 1.73. The summed E-state index contributed by atoms with van der Waals surface area (Å²) in [6.45, 7) is 4.60.